The molecule has 0 heterocycles. The molecule has 3 aliphatic rings. The van der Waals surface area contributed by atoms with Crippen molar-refractivity contribution in [3.63, 3.8) is 0 Å². The quantitative estimate of drug-likeness (QED) is 0.192. The third-order valence-corrected chi connectivity index (χ3v) is 22.1. The number of ether oxygens (including phenoxy) is 1. The fraction of sp³-hybridized carbons (Fsp3) is 0.824. The normalized spacial score (nSPS) is 27.7. The molecule has 4 atom stereocenters. The fourth-order valence-electron chi connectivity index (χ4n) is 8.82. The Bertz CT molecular complexity index is 956. The number of hydrogen-bond acceptors (Lipinski definition) is 4. The summed E-state index contributed by atoms with van der Waals surface area (Å²) in [7, 11) is -2.18. The van der Waals surface area contributed by atoms with Crippen molar-refractivity contribution in [1.29, 1.82) is 0 Å². The average Bonchev–Trinajstić information content (AvgIpc) is 2.90. The van der Waals surface area contributed by atoms with Crippen LogP contribution in [0.15, 0.2) is 34.1 Å². The first kappa shape index (κ1) is 33.8. The number of rotatable bonds is 11. The zero-order valence-corrected chi connectivity index (χ0v) is 30.2. The van der Waals surface area contributed by atoms with E-state index in [-0.39, 0.29) is 17.6 Å². The van der Waals surface area contributed by atoms with E-state index in [2.05, 4.69) is 89.2 Å². The molecule has 2 bridgehead atoms. The lowest BCUT2D eigenvalue weighted by atomic mass is 9.58. The van der Waals surface area contributed by atoms with Crippen LogP contribution in [0.4, 0.5) is 0 Å². The molecule has 0 amide bonds. The van der Waals surface area contributed by atoms with Gasteiger partial charge in [-0.25, -0.2) is 0 Å². The van der Waals surface area contributed by atoms with Gasteiger partial charge < -0.3 is 18.7 Å². The number of allylic oxidation sites excluding steroid dienone is 2. The van der Waals surface area contributed by atoms with Gasteiger partial charge in [-0.05, 0) is 94.6 Å². The Morgan fingerprint density at radius 3 is 2.00 bits per heavy atom. The summed E-state index contributed by atoms with van der Waals surface area (Å²) in [5.74, 6) is 1.55. The molecule has 230 valence electrons. The largest absolute Gasteiger partial charge is 0.545 e. The van der Waals surface area contributed by atoms with Crippen molar-refractivity contribution in [1.82, 2.24) is 0 Å². The Kier molecular flexibility index (Phi) is 10.9. The third-order valence-electron chi connectivity index (χ3n) is 11.5. The third kappa shape index (κ3) is 5.78. The summed E-state index contributed by atoms with van der Waals surface area (Å²) in [6.07, 6.45) is 5.08. The minimum atomic E-state index is -2.13. The Labute approximate surface area is 249 Å². The van der Waals surface area contributed by atoms with E-state index in [1.165, 1.54) is 16.7 Å². The van der Waals surface area contributed by atoms with Crippen LogP contribution < -0.4 is 0 Å². The summed E-state index contributed by atoms with van der Waals surface area (Å²) in [4.78, 5) is 0. The number of methoxy groups -OCH3 is 1. The first-order chi connectivity index (χ1) is 18.7. The van der Waals surface area contributed by atoms with Crippen molar-refractivity contribution in [2.45, 2.75) is 162 Å². The Morgan fingerprint density at radius 2 is 1.52 bits per heavy atom. The summed E-state index contributed by atoms with van der Waals surface area (Å²) in [5.41, 5.74) is 6.30. The summed E-state index contributed by atoms with van der Waals surface area (Å²) in [6.45, 7) is 28.1. The number of hydrogen-bond donors (Lipinski definition) is 1. The molecule has 0 saturated heterocycles. The van der Waals surface area contributed by atoms with Gasteiger partial charge >= 0.3 is 0 Å². The van der Waals surface area contributed by atoms with Crippen LogP contribution in [0.1, 0.15) is 109 Å². The highest BCUT2D eigenvalue weighted by atomic mass is 28.4. The molecule has 6 heteroatoms. The van der Waals surface area contributed by atoms with E-state index >= 15 is 0 Å². The highest BCUT2D eigenvalue weighted by molar-refractivity contribution is 6.78. The van der Waals surface area contributed by atoms with Crippen molar-refractivity contribution in [2.75, 3.05) is 7.11 Å². The monoisotopic (exact) mass is 590 g/mol. The second-order valence-electron chi connectivity index (χ2n) is 14.4. The second kappa shape index (κ2) is 12.9. The molecule has 3 aliphatic carbocycles. The van der Waals surface area contributed by atoms with E-state index in [0.717, 1.165) is 55.1 Å². The highest BCUT2D eigenvalue weighted by Gasteiger charge is 2.52. The van der Waals surface area contributed by atoms with Crippen molar-refractivity contribution < 1.29 is 18.7 Å². The van der Waals surface area contributed by atoms with Gasteiger partial charge in [-0.2, -0.15) is 0 Å². The van der Waals surface area contributed by atoms with E-state index in [4.69, 9.17) is 13.6 Å². The smallest absolute Gasteiger partial charge is 0.258 e. The highest BCUT2D eigenvalue weighted by Crippen LogP contribution is 2.55. The molecule has 0 aliphatic heterocycles. The number of aliphatic hydroxyl groups is 1. The summed E-state index contributed by atoms with van der Waals surface area (Å²) >= 11 is 0. The zero-order valence-electron chi connectivity index (χ0n) is 28.2. The topological polar surface area (TPSA) is 47.9 Å². The SMILES string of the molecule is CC[Si](CC)(CC)O[C@H]1C[C@H]2CC3=C(O[Si](C(C)C)(C(C)C)C(C)C)CCC=C3[C@@H](O)[C@H](OC)C(=C1C)C2(C)C. The van der Waals surface area contributed by atoms with Crippen LogP contribution >= 0.6 is 0 Å². The van der Waals surface area contributed by atoms with Gasteiger partial charge in [-0.3, -0.25) is 0 Å². The van der Waals surface area contributed by atoms with Crippen LogP contribution in [-0.4, -0.2) is 47.2 Å². The van der Waals surface area contributed by atoms with Gasteiger partial charge in [-0.15, -0.1) is 0 Å². The predicted octanol–water partition coefficient (Wildman–Crippen LogP) is 9.69. The van der Waals surface area contributed by atoms with Gasteiger partial charge in [-0.1, -0.05) is 82.2 Å². The van der Waals surface area contributed by atoms with E-state index in [9.17, 15) is 5.11 Å². The van der Waals surface area contributed by atoms with Crippen LogP contribution in [0.2, 0.25) is 34.8 Å². The molecule has 3 rings (SSSR count). The Balaban J connectivity index is 2.21. The average molecular weight is 591 g/mol. The van der Waals surface area contributed by atoms with Crippen LogP contribution in [0.5, 0.6) is 0 Å². The van der Waals surface area contributed by atoms with Gasteiger partial charge in [0.25, 0.3) is 8.32 Å². The van der Waals surface area contributed by atoms with Gasteiger partial charge in [0.1, 0.15) is 12.2 Å². The van der Waals surface area contributed by atoms with Gasteiger partial charge in [0.2, 0.25) is 0 Å². The first-order valence-corrected chi connectivity index (χ1v) is 21.0. The van der Waals surface area contributed by atoms with E-state index < -0.39 is 22.7 Å². The minimum absolute atomic E-state index is 0.0962. The Hall–Kier alpha value is -0.666. The maximum Gasteiger partial charge on any atom is 0.258 e. The van der Waals surface area contributed by atoms with Crippen molar-refractivity contribution in [3.8, 4) is 0 Å². The molecule has 0 aromatic heterocycles. The lowest BCUT2D eigenvalue weighted by molar-refractivity contribution is -0.00481. The number of aliphatic hydroxyl groups excluding tert-OH is 1. The summed E-state index contributed by atoms with van der Waals surface area (Å²) in [5, 5.41) is 12.1. The number of fused-ring (bicyclic) bond motifs is 3. The molecule has 0 spiro atoms. The van der Waals surface area contributed by atoms with Gasteiger partial charge in [0.15, 0.2) is 8.32 Å². The molecular weight excluding hydrogens is 529 g/mol. The van der Waals surface area contributed by atoms with Crippen LogP contribution in [0.3, 0.4) is 0 Å². The minimum Gasteiger partial charge on any atom is -0.545 e. The second-order valence-corrected chi connectivity index (χ2v) is 24.5. The molecule has 1 saturated carbocycles. The Morgan fingerprint density at radius 1 is 0.975 bits per heavy atom. The molecule has 0 aromatic rings. The van der Waals surface area contributed by atoms with Gasteiger partial charge in [0, 0.05) is 13.5 Å². The van der Waals surface area contributed by atoms with Crippen LogP contribution in [-0.2, 0) is 13.6 Å². The maximum atomic E-state index is 12.1. The summed E-state index contributed by atoms with van der Waals surface area (Å²) in [6, 6.07) is 3.43. The summed E-state index contributed by atoms with van der Waals surface area (Å²) < 4.78 is 20.9. The maximum absolute atomic E-state index is 12.1. The molecule has 0 unspecified atom stereocenters. The molecule has 4 nitrogen and oxygen atoms in total. The predicted molar refractivity (Wildman–Crippen MR) is 175 cm³/mol. The molecule has 40 heavy (non-hydrogen) atoms. The fourth-order valence-corrected chi connectivity index (χ4v) is 17.1. The van der Waals surface area contributed by atoms with E-state index in [1.807, 2.05) is 0 Å². The standard InChI is InChI=1S/C34H62O4Si2/c1-14-39(15-2,16-3)37-30-21-26-20-28-27(32(35)33(36-13)31(25(30)10)34(26,11)12)18-17-19-29(28)38-40(22(4)5,23(6)7)24(8)9/h18,22-24,26,30,32-33,35H,14-17,19-21H2,1-13H3/t26-,30+,32-,33-/m1/s1. The lowest BCUT2D eigenvalue weighted by Gasteiger charge is -2.52. The van der Waals surface area contributed by atoms with Crippen LogP contribution in [0.25, 0.3) is 0 Å². The molecular formula is C34H62O4Si2. The van der Waals surface area contributed by atoms with Crippen molar-refractivity contribution in [2.24, 2.45) is 11.3 Å². The molecule has 1 N–H and O–H groups in total. The first-order valence-electron chi connectivity index (χ1n) is 16.4. The van der Waals surface area contributed by atoms with Crippen molar-refractivity contribution in [3.05, 3.63) is 34.1 Å². The molecule has 1 fully saturated rings. The van der Waals surface area contributed by atoms with E-state index in [1.54, 1.807) is 7.11 Å². The van der Waals surface area contributed by atoms with Crippen LogP contribution in [0, 0.1) is 11.3 Å². The lowest BCUT2D eigenvalue weighted by Crippen LogP contribution is -2.51. The zero-order chi connectivity index (χ0) is 30.2. The van der Waals surface area contributed by atoms with Gasteiger partial charge in [0.05, 0.1) is 11.9 Å². The molecule has 0 aromatic carbocycles. The van der Waals surface area contributed by atoms with E-state index in [0.29, 0.717) is 22.5 Å². The van der Waals surface area contributed by atoms with Crippen molar-refractivity contribution >= 4 is 16.6 Å². The molecule has 0 radical (unpaired) electrons.